The van der Waals surface area contributed by atoms with Gasteiger partial charge in [0.2, 0.25) is 11.8 Å². The predicted molar refractivity (Wildman–Crippen MR) is 134 cm³/mol. The van der Waals surface area contributed by atoms with Gasteiger partial charge in [-0.2, -0.15) is 5.10 Å². The summed E-state index contributed by atoms with van der Waals surface area (Å²) in [5.74, 6) is -1.07. The molecule has 0 unspecified atom stereocenters. The molecule has 2 N–H and O–H groups in total. The third-order valence-corrected chi connectivity index (χ3v) is 6.28. The van der Waals surface area contributed by atoms with Crippen molar-refractivity contribution in [1.29, 1.82) is 0 Å². The van der Waals surface area contributed by atoms with Gasteiger partial charge in [-0.15, -0.1) is 0 Å². The minimum Gasteiger partial charge on any atom is -0.497 e. The number of nitrogens with two attached hydrogens (primary N) is 1. The highest BCUT2D eigenvalue weighted by atomic mass is 19.1. The number of ether oxygens (including phenoxy) is 2. The van der Waals surface area contributed by atoms with E-state index in [1.165, 1.54) is 24.1 Å². The molecule has 37 heavy (non-hydrogen) atoms. The van der Waals surface area contributed by atoms with Crippen LogP contribution in [0.25, 0.3) is 11.3 Å². The number of nitrogens with zero attached hydrogens (tertiary/aromatic N) is 4. The second-order valence-corrected chi connectivity index (χ2v) is 8.78. The summed E-state index contributed by atoms with van der Waals surface area (Å²) >= 11 is 0. The second kappa shape index (κ2) is 9.38. The number of hydrogen-bond acceptors (Lipinski definition) is 6. The number of carbonyl (C=O) groups is 2. The van der Waals surface area contributed by atoms with Crippen LogP contribution < -0.4 is 20.1 Å². The molecular formula is C27H24FN5O4. The Morgan fingerprint density at radius 3 is 2.51 bits per heavy atom. The summed E-state index contributed by atoms with van der Waals surface area (Å²) in [6.07, 6.45) is 5.72. The molecule has 188 valence electrons. The molecule has 1 aliphatic carbocycles. The molecule has 2 aromatic heterocycles. The first-order chi connectivity index (χ1) is 17.8. The number of aryl methyl sites for hydroxylation is 1. The Kier molecular flexibility index (Phi) is 6.08. The Labute approximate surface area is 212 Å². The predicted octanol–water partition coefficient (Wildman–Crippen LogP) is 4.35. The summed E-state index contributed by atoms with van der Waals surface area (Å²) in [6.45, 7) is 0. The van der Waals surface area contributed by atoms with Crippen molar-refractivity contribution in [3.8, 4) is 28.5 Å². The molecule has 1 aliphatic rings. The Bertz CT molecular complexity index is 1500. The van der Waals surface area contributed by atoms with Crippen LogP contribution in [0.2, 0.25) is 0 Å². The van der Waals surface area contributed by atoms with Crippen LogP contribution in [0.1, 0.15) is 12.8 Å². The van der Waals surface area contributed by atoms with Crippen LogP contribution >= 0.6 is 0 Å². The maximum absolute atomic E-state index is 15.3. The van der Waals surface area contributed by atoms with Gasteiger partial charge in [-0.25, -0.2) is 4.39 Å². The highest BCUT2D eigenvalue weighted by molar-refractivity contribution is 6.16. The summed E-state index contributed by atoms with van der Waals surface area (Å²) in [5.41, 5.74) is 6.31. The summed E-state index contributed by atoms with van der Waals surface area (Å²) in [6, 6.07) is 14.2. The Hall–Kier alpha value is -4.73. The first-order valence-corrected chi connectivity index (χ1v) is 11.5. The zero-order valence-electron chi connectivity index (χ0n) is 20.2. The van der Waals surface area contributed by atoms with Gasteiger partial charge in [-0.1, -0.05) is 6.07 Å². The average Bonchev–Trinajstić information content (AvgIpc) is 3.61. The number of benzene rings is 2. The van der Waals surface area contributed by atoms with E-state index in [2.05, 4.69) is 10.1 Å². The number of pyridine rings is 1. The van der Waals surface area contributed by atoms with Crippen molar-refractivity contribution in [2.75, 3.05) is 12.0 Å². The van der Waals surface area contributed by atoms with Crippen molar-refractivity contribution in [2.24, 2.45) is 18.2 Å². The van der Waals surface area contributed by atoms with Gasteiger partial charge in [0.15, 0.2) is 11.6 Å². The summed E-state index contributed by atoms with van der Waals surface area (Å²) in [7, 11) is 3.30. The average molecular weight is 502 g/mol. The van der Waals surface area contributed by atoms with E-state index in [0.29, 0.717) is 35.7 Å². The maximum atomic E-state index is 15.3. The van der Waals surface area contributed by atoms with Crippen molar-refractivity contribution in [2.45, 2.75) is 12.8 Å². The van der Waals surface area contributed by atoms with E-state index in [-0.39, 0.29) is 11.4 Å². The molecule has 0 radical (unpaired) electrons. The molecule has 0 bridgehead atoms. The molecule has 10 heteroatoms. The third kappa shape index (κ3) is 4.61. The molecule has 0 spiro atoms. The van der Waals surface area contributed by atoms with Crippen LogP contribution in [0.3, 0.4) is 0 Å². The largest absolute Gasteiger partial charge is 0.497 e. The molecule has 2 aromatic carbocycles. The maximum Gasteiger partial charge on any atom is 0.247 e. The number of carbonyl (C=O) groups excluding carboxylic acids is 2. The molecule has 2 heterocycles. The van der Waals surface area contributed by atoms with E-state index in [1.54, 1.807) is 66.6 Å². The van der Waals surface area contributed by atoms with E-state index in [1.807, 2.05) is 6.20 Å². The normalized spacial score (nSPS) is 13.6. The van der Waals surface area contributed by atoms with E-state index in [4.69, 9.17) is 15.2 Å². The van der Waals surface area contributed by atoms with Crippen LogP contribution in [0, 0.1) is 11.2 Å². The molecule has 1 saturated carbocycles. The standard InChI is InChI=1S/C27H24FN5O4/c1-32-16-17(15-31-32)23-14-21(8-11-30-23)37-24-7-6-19(13-22(24)28)33(18-4-3-5-20(12-18)36-2)26(35)27(9-10-27)25(29)34/h3-8,11-16H,9-10H2,1-2H3,(H2,29,34). The molecule has 5 rings (SSSR count). The molecule has 2 amide bonds. The number of amides is 2. The topological polar surface area (TPSA) is 113 Å². The number of anilines is 2. The van der Waals surface area contributed by atoms with Crippen LogP contribution in [-0.4, -0.2) is 33.7 Å². The third-order valence-electron chi connectivity index (χ3n) is 6.28. The van der Waals surface area contributed by atoms with Gasteiger partial charge in [0.05, 0.1) is 30.4 Å². The second-order valence-electron chi connectivity index (χ2n) is 8.78. The van der Waals surface area contributed by atoms with Gasteiger partial charge >= 0.3 is 0 Å². The van der Waals surface area contributed by atoms with Gasteiger partial charge in [-0.3, -0.25) is 24.2 Å². The smallest absolute Gasteiger partial charge is 0.247 e. The number of aromatic nitrogens is 3. The fraction of sp³-hybridized carbons (Fsp3) is 0.185. The van der Waals surface area contributed by atoms with Gasteiger partial charge < -0.3 is 15.2 Å². The van der Waals surface area contributed by atoms with Crippen molar-refractivity contribution in [3.63, 3.8) is 0 Å². The zero-order valence-corrected chi connectivity index (χ0v) is 20.2. The van der Waals surface area contributed by atoms with E-state index in [9.17, 15) is 9.59 Å². The van der Waals surface area contributed by atoms with Crippen molar-refractivity contribution >= 4 is 23.2 Å². The number of hydrogen-bond donors (Lipinski definition) is 1. The van der Waals surface area contributed by atoms with E-state index in [0.717, 1.165) is 5.56 Å². The summed E-state index contributed by atoms with van der Waals surface area (Å²) in [5, 5.41) is 4.14. The lowest BCUT2D eigenvalue weighted by molar-refractivity contribution is -0.133. The quantitative estimate of drug-likeness (QED) is 0.359. The van der Waals surface area contributed by atoms with Gasteiger partial charge in [0, 0.05) is 43.2 Å². The van der Waals surface area contributed by atoms with Gasteiger partial charge in [0.1, 0.15) is 16.9 Å². The lowest BCUT2D eigenvalue weighted by atomic mass is 10.0. The minimum absolute atomic E-state index is 0.0406. The Morgan fingerprint density at radius 2 is 1.86 bits per heavy atom. The summed E-state index contributed by atoms with van der Waals surface area (Å²) in [4.78, 5) is 31.3. The SMILES string of the molecule is COc1cccc(N(C(=O)C2(C(N)=O)CC2)c2ccc(Oc3ccnc(-c4cnn(C)c4)c3)c(F)c2)c1. The first kappa shape index (κ1) is 24.0. The fourth-order valence-corrected chi connectivity index (χ4v) is 4.06. The Balaban J connectivity index is 1.47. The molecule has 4 aromatic rings. The molecule has 0 aliphatic heterocycles. The van der Waals surface area contributed by atoms with Crippen LogP contribution in [0.15, 0.2) is 73.2 Å². The molecule has 0 atom stereocenters. The van der Waals surface area contributed by atoms with E-state index >= 15 is 4.39 Å². The number of methoxy groups -OCH3 is 1. The fourth-order valence-electron chi connectivity index (χ4n) is 4.06. The van der Waals surface area contributed by atoms with Gasteiger partial charge in [-0.05, 0) is 43.2 Å². The zero-order chi connectivity index (χ0) is 26.2. The lowest BCUT2D eigenvalue weighted by Gasteiger charge is -2.27. The van der Waals surface area contributed by atoms with Gasteiger partial charge in [0.25, 0.3) is 0 Å². The first-order valence-electron chi connectivity index (χ1n) is 11.5. The van der Waals surface area contributed by atoms with Crippen molar-refractivity contribution < 1.29 is 23.5 Å². The highest BCUT2D eigenvalue weighted by Crippen LogP contribution is 2.49. The van der Waals surface area contributed by atoms with Crippen molar-refractivity contribution in [3.05, 3.63) is 79.0 Å². The molecule has 1 fully saturated rings. The number of rotatable bonds is 8. The minimum atomic E-state index is -1.31. The Morgan fingerprint density at radius 1 is 1.08 bits per heavy atom. The molecule has 9 nitrogen and oxygen atoms in total. The number of primary amides is 1. The lowest BCUT2D eigenvalue weighted by Crippen LogP contribution is -2.41. The van der Waals surface area contributed by atoms with Crippen molar-refractivity contribution in [1.82, 2.24) is 14.8 Å². The highest BCUT2D eigenvalue weighted by Gasteiger charge is 2.57. The van der Waals surface area contributed by atoms with Crippen LogP contribution in [0.5, 0.6) is 17.2 Å². The number of halogens is 1. The molecular weight excluding hydrogens is 477 g/mol. The van der Waals surface area contributed by atoms with Crippen LogP contribution in [0.4, 0.5) is 15.8 Å². The molecule has 0 saturated heterocycles. The summed E-state index contributed by atoms with van der Waals surface area (Å²) < 4.78 is 28.0. The van der Waals surface area contributed by atoms with Crippen LogP contribution in [-0.2, 0) is 16.6 Å². The van der Waals surface area contributed by atoms with E-state index < -0.39 is 23.0 Å². The monoisotopic (exact) mass is 501 g/mol.